The van der Waals surface area contributed by atoms with Crippen molar-refractivity contribution in [3.63, 3.8) is 0 Å². The van der Waals surface area contributed by atoms with Crippen LogP contribution in [0.4, 0.5) is 0 Å². The Labute approximate surface area is 114 Å². The van der Waals surface area contributed by atoms with Crippen molar-refractivity contribution in [1.29, 1.82) is 0 Å². The number of primary amides is 1. The lowest BCUT2D eigenvalue weighted by molar-refractivity contribution is -0.119. The molecule has 1 aromatic carbocycles. The van der Waals surface area contributed by atoms with E-state index < -0.39 is 11.8 Å². The Bertz CT molecular complexity index is 474. The van der Waals surface area contributed by atoms with Gasteiger partial charge in [-0.1, -0.05) is 15.9 Å². The molecule has 6 heteroatoms. The summed E-state index contributed by atoms with van der Waals surface area (Å²) in [5.74, 6) is -1.15. The maximum atomic E-state index is 12.2. The highest BCUT2D eigenvalue weighted by Gasteiger charge is 2.22. The van der Waals surface area contributed by atoms with E-state index in [1.54, 1.807) is 19.9 Å². The fourth-order valence-corrected chi connectivity index (χ4v) is 1.85. The Morgan fingerprint density at radius 2 is 2.06 bits per heavy atom. The third-order valence-corrected chi connectivity index (χ3v) is 2.89. The summed E-state index contributed by atoms with van der Waals surface area (Å²) in [5, 5.41) is 9.73. The molecule has 0 aromatic heterocycles. The summed E-state index contributed by atoms with van der Waals surface area (Å²) in [6.07, 6.45) is 0. The van der Waals surface area contributed by atoms with Crippen LogP contribution in [-0.2, 0) is 4.79 Å². The molecule has 98 valence electrons. The summed E-state index contributed by atoms with van der Waals surface area (Å²) in [6, 6.07) is 4.39. The van der Waals surface area contributed by atoms with Crippen molar-refractivity contribution in [3.05, 3.63) is 28.2 Å². The lowest BCUT2D eigenvalue weighted by Crippen LogP contribution is -2.42. The summed E-state index contributed by atoms with van der Waals surface area (Å²) in [5.41, 5.74) is 5.25. The van der Waals surface area contributed by atoms with Crippen LogP contribution >= 0.6 is 15.9 Å². The van der Waals surface area contributed by atoms with E-state index in [2.05, 4.69) is 15.9 Å². The van der Waals surface area contributed by atoms with Crippen LogP contribution < -0.4 is 5.73 Å². The number of hydrogen-bond acceptors (Lipinski definition) is 3. The highest BCUT2D eigenvalue weighted by atomic mass is 79.9. The van der Waals surface area contributed by atoms with E-state index >= 15 is 0 Å². The van der Waals surface area contributed by atoms with E-state index in [9.17, 15) is 14.7 Å². The molecule has 0 atom stereocenters. The number of phenols is 1. The van der Waals surface area contributed by atoms with Crippen molar-refractivity contribution in [3.8, 4) is 5.75 Å². The fourth-order valence-electron chi connectivity index (χ4n) is 1.50. The molecule has 0 fully saturated rings. The van der Waals surface area contributed by atoms with Crippen LogP contribution in [0.15, 0.2) is 22.7 Å². The van der Waals surface area contributed by atoms with Crippen molar-refractivity contribution in [2.24, 2.45) is 5.73 Å². The van der Waals surface area contributed by atoms with Gasteiger partial charge in [0.2, 0.25) is 5.91 Å². The third-order valence-electron chi connectivity index (χ3n) is 2.40. The number of rotatable bonds is 4. The summed E-state index contributed by atoms with van der Waals surface area (Å²) in [7, 11) is 0. The molecular formula is C12H15BrN2O3. The Hall–Kier alpha value is -1.56. The van der Waals surface area contributed by atoms with Gasteiger partial charge in [-0.05, 0) is 32.0 Å². The normalized spacial score (nSPS) is 10.4. The van der Waals surface area contributed by atoms with Crippen molar-refractivity contribution < 1.29 is 14.7 Å². The van der Waals surface area contributed by atoms with E-state index in [1.807, 2.05) is 0 Å². The van der Waals surface area contributed by atoms with Gasteiger partial charge in [0.05, 0.1) is 12.1 Å². The van der Waals surface area contributed by atoms with E-state index in [0.717, 1.165) is 0 Å². The minimum atomic E-state index is -0.589. The zero-order chi connectivity index (χ0) is 13.9. The molecule has 0 saturated heterocycles. The maximum Gasteiger partial charge on any atom is 0.258 e. The Balaban J connectivity index is 3.05. The van der Waals surface area contributed by atoms with Gasteiger partial charge in [0.1, 0.15) is 5.75 Å². The monoisotopic (exact) mass is 314 g/mol. The first kappa shape index (κ1) is 14.5. The molecule has 1 rings (SSSR count). The molecule has 0 heterocycles. The SMILES string of the molecule is CC(C)N(CC(N)=O)C(=O)c1ccc(Br)cc1O. The van der Waals surface area contributed by atoms with Gasteiger partial charge >= 0.3 is 0 Å². The second-order valence-corrected chi connectivity index (χ2v) is 5.07. The molecule has 18 heavy (non-hydrogen) atoms. The van der Waals surface area contributed by atoms with Gasteiger partial charge in [0, 0.05) is 10.5 Å². The molecule has 0 spiro atoms. The van der Waals surface area contributed by atoms with Crippen LogP contribution in [0.2, 0.25) is 0 Å². The Kier molecular flexibility index (Phi) is 4.72. The van der Waals surface area contributed by atoms with Crippen LogP contribution in [0.1, 0.15) is 24.2 Å². The first-order chi connectivity index (χ1) is 8.32. The third kappa shape index (κ3) is 3.46. The van der Waals surface area contributed by atoms with Gasteiger partial charge in [-0.3, -0.25) is 9.59 Å². The number of halogens is 1. The van der Waals surface area contributed by atoms with Crippen LogP contribution in [0.25, 0.3) is 0 Å². The lowest BCUT2D eigenvalue weighted by atomic mass is 10.1. The molecular weight excluding hydrogens is 300 g/mol. The van der Waals surface area contributed by atoms with Crippen molar-refractivity contribution in [2.45, 2.75) is 19.9 Å². The predicted octanol–water partition coefficient (Wildman–Crippen LogP) is 1.49. The number of hydrogen-bond donors (Lipinski definition) is 2. The quantitative estimate of drug-likeness (QED) is 0.883. The molecule has 0 aliphatic rings. The van der Waals surface area contributed by atoms with Crippen molar-refractivity contribution >= 4 is 27.7 Å². The number of aromatic hydroxyl groups is 1. The van der Waals surface area contributed by atoms with Crippen LogP contribution in [0.5, 0.6) is 5.75 Å². The molecule has 0 bridgehead atoms. The minimum absolute atomic E-state index is 0.135. The van der Waals surface area contributed by atoms with Gasteiger partial charge in [0.15, 0.2) is 0 Å². The Morgan fingerprint density at radius 1 is 1.44 bits per heavy atom. The standard InChI is InChI=1S/C12H15BrN2O3/c1-7(2)15(6-11(14)17)12(18)9-4-3-8(13)5-10(9)16/h3-5,7,16H,6H2,1-2H3,(H2,14,17). The van der Waals surface area contributed by atoms with Gasteiger partial charge in [-0.25, -0.2) is 0 Å². The molecule has 3 N–H and O–H groups in total. The maximum absolute atomic E-state index is 12.2. The molecule has 2 amide bonds. The van der Waals surface area contributed by atoms with Gasteiger partial charge in [-0.15, -0.1) is 0 Å². The van der Waals surface area contributed by atoms with Gasteiger partial charge in [0.25, 0.3) is 5.91 Å². The smallest absolute Gasteiger partial charge is 0.258 e. The molecule has 0 unspecified atom stereocenters. The number of carbonyl (C=O) groups excluding carboxylic acids is 2. The lowest BCUT2D eigenvalue weighted by Gasteiger charge is -2.25. The number of benzene rings is 1. The first-order valence-electron chi connectivity index (χ1n) is 5.40. The topological polar surface area (TPSA) is 83.6 Å². The average molecular weight is 315 g/mol. The summed E-state index contributed by atoms with van der Waals surface area (Å²) >= 11 is 3.19. The van der Waals surface area contributed by atoms with E-state index in [4.69, 9.17) is 5.73 Å². The van der Waals surface area contributed by atoms with Crippen LogP contribution in [-0.4, -0.2) is 34.4 Å². The minimum Gasteiger partial charge on any atom is -0.507 e. The zero-order valence-corrected chi connectivity index (χ0v) is 11.8. The average Bonchev–Trinajstić information content (AvgIpc) is 2.24. The van der Waals surface area contributed by atoms with Crippen molar-refractivity contribution in [1.82, 2.24) is 4.90 Å². The molecule has 1 aromatic rings. The largest absolute Gasteiger partial charge is 0.507 e. The van der Waals surface area contributed by atoms with Crippen LogP contribution in [0, 0.1) is 0 Å². The molecule has 0 radical (unpaired) electrons. The van der Waals surface area contributed by atoms with Crippen LogP contribution in [0.3, 0.4) is 0 Å². The summed E-state index contributed by atoms with van der Waals surface area (Å²) in [6.45, 7) is 3.37. The second-order valence-electron chi connectivity index (χ2n) is 4.15. The number of carbonyl (C=O) groups is 2. The van der Waals surface area contributed by atoms with Gasteiger partial charge in [-0.2, -0.15) is 0 Å². The highest BCUT2D eigenvalue weighted by molar-refractivity contribution is 9.10. The fraction of sp³-hybridized carbons (Fsp3) is 0.333. The number of nitrogens with zero attached hydrogens (tertiary/aromatic N) is 1. The number of amides is 2. The molecule has 0 aliphatic heterocycles. The number of phenolic OH excluding ortho intramolecular Hbond substituents is 1. The predicted molar refractivity (Wildman–Crippen MR) is 71.2 cm³/mol. The first-order valence-corrected chi connectivity index (χ1v) is 6.20. The highest BCUT2D eigenvalue weighted by Crippen LogP contribution is 2.24. The number of nitrogens with two attached hydrogens (primary N) is 1. The molecule has 0 saturated carbocycles. The summed E-state index contributed by atoms with van der Waals surface area (Å²) < 4.78 is 0.669. The van der Waals surface area contributed by atoms with Crippen molar-refractivity contribution in [2.75, 3.05) is 6.54 Å². The van der Waals surface area contributed by atoms with E-state index in [-0.39, 0.29) is 23.9 Å². The zero-order valence-electron chi connectivity index (χ0n) is 10.2. The molecule has 0 aliphatic carbocycles. The van der Waals surface area contributed by atoms with E-state index in [1.165, 1.54) is 17.0 Å². The summed E-state index contributed by atoms with van der Waals surface area (Å²) in [4.78, 5) is 24.5. The molecule has 5 nitrogen and oxygen atoms in total. The Morgan fingerprint density at radius 3 is 2.50 bits per heavy atom. The van der Waals surface area contributed by atoms with E-state index in [0.29, 0.717) is 4.47 Å². The van der Waals surface area contributed by atoms with Gasteiger partial charge < -0.3 is 15.7 Å². The second kappa shape index (κ2) is 5.86.